The van der Waals surface area contributed by atoms with E-state index in [0.717, 1.165) is 16.3 Å². The van der Waals surface area contributed by atoms with Crippen LogP contribution in [0.5, 0.6) is 5.75 Å². The summed E-state index contributed by atoms with van der Waals surface area (Å²) < 4.78 is 5.80. The van der Waals surface area contributed by atoms with E-state index in [9.17, 15) is 4.79 Å². The van der Waals surface area contributed by atoms with Gasteiger partial charge in [-0.3, -0.25) is 4.79 Å². The van der Waals surface area contributed by atoms with E-state index < -0.39 is 6.10 Å². The molecule has 1 atom stereocenters. The maximum atomic E-state index is 12.2. The predicted octanol–water partition coefficient (Wildman–Crippen LogP) is 4.41. The Morgan fingerprint density at radius 2 is 1.80 bits per heavy atom. The summed E-state index contributed by atoms with van der Waals surface area (Å²) >= 11 is 5.83. The van der Waals surface area contributed by atoms with Crippen LogP contribution in [0.2, 0.25) is 5.02 Å². The molecule has 0 saturated heterocycles. The SMILES string of the molecule is CC(Oc1cccc2ccccc12)C(=O)NN=Cc1ccc(Cl)cc1. The summed E-state index contributed by atoms with van der Waals surface area (Å²) in [6, 6.07) is 20.8. The van der Waals surface area contributed by atoms with Crippen LogP contribution in [-0.4, -0.2) is 18.2 Å². The van der Waals surface area contributed by atoms with Crippen molar-refractivity contribution in [2.24, 2.45) is 5.10 Å². The van der Waals surface area contributed by atoms with Crippen LogP contribution in [0.1, 0.15) is 12.5 Å². The van der Waals surface area contributed by atoms with Crippen molar-refractivity contribution in [3.63, 3.8) is 0 Å². The van der Waals surface area contributed by atoms with Crippen molar-refractivity contribution in [3.8, 4) is 5.75 Å². The van der Waals surface area contributed by atoms with Crippen LogP contribution in [0, 0.1) is 0 Å². The van der Waals surface area contributed by atoms with Crippen LogP contribution >= 0.6 is 11.6 Å². The molecule has 1 unspecified atom stereocenters. The summed E-state index contributed by atoms with van der Waals surface area (Å²) in [5.41, 5.74) is 3.33. The Morgan fingerprint density at radius 1 is 1.08 bits per heavy atom. The van der Waals surface area contributed by atoms with Gasteiger partial charge in [-0.15, -0.1) is 0 Å². The van der Waals surface area contributed by atoms with Gasteiger partial charge in [-0.05, 0) is 36.1 Å². The van der Waals surface area contributed by atoms with Gasteiger partial charge in [-0.1, -0.05) is 60.1 Å². The van der Waals surface area contributed by atoms with Crippen molar-refractivity contribution in [2.45, 2.75) is 13.0 Å². The summed E-state index contributed by atoms with van der Waals surface area (Å²) in [5, 5.41) is 6.63. The van der Waals surface area contributed by atoms with Crippen molar-refractivity contribution in [3.05, 3.63) is 77.3 Å². The number of carbonyl (C=O) groups is 1. The van der Waals surface area contributed by atoms with Crippen LogP contribution in [0.3, 0.4) is 0 Å². The largest absolute Gasteiger partial charge is 0.480 e. The van der Waals surface area contributed by atoms with Gasteiger partial charge in [-0.25, -0.2) is 5.43 Å². The van der Waals surface area contributed by atoms with E-state index in [1.54, 1.807) is 25.3 Å². The number of carbonyl (C=O) groups excluding carboxylic acids is 1. The molecule has 3 rings (SSSR count). The molecule has 0 aliphatic heterocycles. The molecule has 1 N–H and O–H groups in total. The van der Waals surface area contributed by atoms with Crippen molar-refractivity contribution < 1.29 is 9.53 Å². The standard InChI is InChI=1S/C20H17ClN2O2/c1-14(20(24)23-22-13-15-9-11-17(21)12-10-15)25-19-8-4-6-16-5-2-3-7-18(16)19/h2-14H,1H3,(H,23,24). The Labute approximate surface area is 151 Å². The Hall–Kier alpha value is -2.85. The van der Waals surface area contributed by atoms with Gasteiger partial charge in [0.1, 0.15) is 5.75 Å². The van der Waals surface area contributed by atoms with E-state index in [2.05, 4.69) is 10.5 Å². The molecule has 4 nitrogen and oxygen atoms in total. The molecule has 0 aromatic heterocycles. The summed E-state index contributed by atoms with van der Waals surface area (Å²) in [6.07, 6.45) is 0.881. The van der Waals surface area contributed by atoms with Crippen LogP contribution in [0.25, 0.3) is 10.8 Å². The number of nitrogens with zero attached hydrogens (tertiary/aromatic N) is 1. The van der Waals surface area contributed by atoms with Crippen molar-refractivity contribution >= 4 is 34.5 Å². The second-order valence-electron chi connectivity index (χ2n) is 5.52. The number of benzene rings is 3. The molecule has 0 saturated carbocycles. The average Bonchev–Trinajstić information content (AvgIpc) is 2.63. The molecular weight excluding hydrogens is 336 g/mol. The van der Waals surface area contributed by atoms with Crippen molar-refractivity contribution in [1.82, 2.24) is 5.43 Å². The zero-order valence-corrected chi connectivity index (χ0v) is 14.4. The topological polar surface area (TPSA) is 50.7 Å². The van der Waals surface area contributed by atoms with E-state index in [0.29, 0.717) is 10.8 Å². The molecule has 0 spiro atoms. The quantitative estimate of drug-likeness (QED) is 0.546. The van der Waals surface area contributed by atoms with Crippen molar-refractivity contribution in [2.75, 3.05) is 0 Å². The number of amides is 1. The van der Waals surface area contributed by atoms with Crippen LogP contribution in [0.15, 0.2) is 71.8 Å². The van der Waals surface area contributed by atoms with Crippen LogP contribution in [-0.2, 0) is 4.79 Å². The maximum absolute atomic E-state index is 12.2. The zero-order valence-electron chi connectivity index (χ0n) is 13.6. The van der Waals surface area contributed by atoms with E-state index >= 15 is 0 Å². The fourth-order valence-corrected chi connectivity index (χ4v) is 2.48. The highest BCUT2D eigenvalue weighted by Gasteiger charge is 2.15. The monoisotopic (exact) mass is 352 g/mol. The van der Waals surface area contributed by atoms with Gasteiger partial charge in [-0.2, -0.15) is 5.10 Å². The number of hydrazone groups is 1. The number of ether oxygens (including phenoxy) is 1. The van der Waals surface area contributed by atoms with Crippen molar-refractivity contribution in [1.29, 1.82) is 0 Å². The van der Waals surface area contributed by atoms with Gasteiger partial charge in [0.05, 0.1) is 6.21 Å². The minimum absolute atomic E-state index is 0.321. The lowest BCUT2D eigenvalue weighted by molar-refractivity contribution is -0.127. The molecule has 0 fully saturated rings. The minimum atomic E-state index is -0.673. The summed E-state index contributed by atoms with van der Waals surface area (Å²) in [6.45, 7) is 1.69. The lowest BCUT2D eigenvalue weighted by atomic mass is 10.1. The molecule has 25 heavy (non-hydrogen) atoms. The first kappa shape index (κ1) is 17.0. The number of hydrogen-bond acceptors (Lipinski definition) is 3. The normalized spacial score (nSPS) is 12.2. The third kappa shape index (κ3) is 4.37. The Bertz CT molecular complexity index is 902. The molecule has 3 aromatic carbocycles. The highest BCUT2D eigenvalue weighted by Crippen LogP contribution is 2.26. The smallest absolute Gasteiger partial charge is 0.280 e. The molecular formula is C20H17ClN2O2. The summed E-state index contributed by atoms with van der Waals surface area (Å²) in [4.78, 5) is 12.2. The third-order valence-electron chi connectivity index (χ3n) is 3.68. The van der Waals surface area contributed by atoms with E-state index in [1.807, 2.05) is 54.6 Å². The van der Waals surface area contributed by atoms with Gasteiger partial charge in [0, 0.05) is 10.4 Å². The first-order chi connectivity index (χ1) is 12.1. The lowest BCUT2D eigenvalue weighted by Crippen LogP contribution is -2.33. The Kier molecular flexibility index (Phi) is 5.31. The van der Waals surface area contributed by atoms with Gasteiger partial charge in [0.2, 0.25) is 0 Å². The molecule has 3 aromatic rings. The number of nitrogens with one attached hydrogen (secondary N) is 1. The highest BCUT2D eigenvalue weighted by atomic mass is 35.5. The first-order valence-corrected chi connectivity index (χ1v) is 8.24. The fraction of sp³-hybridized carbons (Fsp3) is 0.100. The lowest BCUT2D eigenvalue weighted by Gasteiger charge is -2.14. The molecule has 0 bridgehead atoms. The third-order valence-corrected chi connectivity index (χ3v) is 3.93. The predicted molar refractivity (Wildman–Crippen MR) is 101 cm³/mol. The number of rotatable bonds is 5. The minimum Gasteiger partial charge on any atom is -0.480 e. The first-order valence-electron chi connectivity index (χ1n) is 7.86. The molecule has 0 heterocycles. The maximum Gasteiger partial charge on any atom is 0.280 e. The highest BCUT2D eigenvalue weighted by molar-refractivity contribution is 6.30. The molecule has 0 aliphatic rings. The van der Waals surface area contributed by atoms with Crippen LogP contribution < -0.4 is 10.2 Å². The number of hydrogen-bond donors (Lipinski definition) is 1. The van der Waals surface area contributed by atoms with E-state index in [-0.39, 0.29) is 5.91 Å². The summed E-state index contributed by atoms with van der Waals surface area (Å²) in [7, 11) is 0. The second kappa shape index (κ2) is 7.81. The van der Waals surface area contributed by atoms with E-state index in [4.69, 9.17) is 16.3 Å². The van der Waals surface area contributed by atoms with Gasteiger partial charge in [0.15, 0.2) is 6.10 Å². The second-order valence-corrected chi connectivity index (χ2v) is 5.96. The van der Waals surface area contributed by atoms with Gasteiger partial charge >= 0.3 is 0 Å². The number of halogens is 1. The number of fused-ring (bicyclic) bond motifs is 1. The Morgan fingerprint density at radius 3 is 2.60 bits per heavy atom. The van der Waals surface area contributed by atoms with Gasteiger partial charge < -0.3 is 4.74 Å². The van der Waals surface area contributed by atoms with Crippen LogP contribution in [0.4, 0.5) is 0 Å². The summed E-state index contributed by atoms with van der Waals surface area (Å²) in [5.74, 6) is 0.348. The molecule has 5 heteroatoms. The Balaban J connectivity index is 1.63. The molecule has 0 aliphatic carbocycles. The average molecular weight is 353 g/mol. The molecule has 0 radical (unpaired) electrons. The molecule has 1 amide bonds. The fourth-order valence-electron chi connectivity index (χ4n) is 2.35. The van der Waals surface area contributed by atoms with Gasteiger partial charge in [0.25, 0.3) is 5.91 Å². The zero-order chi connectivity index (χ0) is 17.6. The molecule has 126 valence electrons. The van der Waals surface area contributed by atoms with E-state index in [1.165, 1.54) is 0 Å².